The zero-order valence-corrected chi connectivity index (χ0v) is 11.7. The molecule has 6 heteroatoms. The van der Waals surface area contributed by atoms with E-state index in [2.05, 4.69) is 0 Å². The number of hydrogen-bond donors (Lipinski definition) is 1. The van der Waals surface area contributed by atoms with Crippen molar-refractivity contribution in [2.75, 3.05) is 18.9 Å². The molecule has 0 fully saturated rings. The van der Waals surface area contributed by atoms with Crippen molar-refractivity contribution in [1.82, 2.24) is 0 Å². The number of rotatable bonds is 5. The predicted molar refractivity (Wildman–Crippen MR) is 72.2 cm³/mol. The molecule has 0 aliphatic heterocycles. The Balaban J connectivity index is 2.78. The summed E-state index contributed by atoms with van der Waals surface area (Å²) in [5.41, 5.74) is 6.03. The average Bonchev–Trinajstić information content (AvgIpc) is 2.30. The van der Waals surface area contributed by atoms with E-state index in [0.717, 1.165) is 0 Å². The van der Waals surface area contributed by atoms with Crippen LogP contribution in [0.25, 0.3) is 0 Å². The monoisotopic (exact) mass is 291 g/mol. The molecular formula is C12H15Cl2NO3. The molecule has 0 saturated heterocycles. The average molecular weight is 292 g/mol. The van der Waals surface area contributed by atoms with Crippen molar-refractivity contribution in [2.45, 2.75) is 20.0 Å². The minimum absolute atomic E-state index is 0.162. The van der Waals surface area contributed by atoms with Gasteiger partial charge in [0.2, 0.25) is 0 Å². The molecule has 18 heavy (non-hydrogen) atoms. The number of anilines is 1. The van der Waals surface area contributed by atoms with Crippen LogP contribution in [0, 0.1) is 0 Å². The van der Waals surface area contributed by atoms with Crippen molar-refractivity contribution in [1.29, 1.82) is 0 Å². The zero-order chi connectivity index (χ0) is 13.7. The number of halogens is 2. The van der Waals surface area contributed by atoms with Crippen molar-refractivity contribution >= 4 is 34.9 Å². The summed E-state index contributed by atoms with van der Waals surface area (Å²) in [6.45, 7) is 4.49. The fourth-order valence-corrected chi connectivity index (χ4v) is 1.81. The van der Waals surface area contributed by atoms with Gasteiger partial charge in [-0.15, -0.1) is 0 Å². The molecular weight excluding hydrogens is 277 g/mol. The molecule has 1 unspecified atom stereocenters. The van der Waals surface area contributed by atoms with Gasteiger partial charge in [0, 0.05) is 11.6 Å². The summed E-state index contributed by atoms with van der Waals surface area (Å²) in [4.78, 5) is 11.9. The molecule has 0 heterocycles. The molecule has 0 aromatic heterocycles. The highest BCUT2D eigenvalue weighted by atomic mass is 35.5. The van der Waals surface area contributed by atoms with Gasteiger partial charge in [0.1, 0.15) is 6.10 Å². The van der Waals surface area contributed by atoms with E-state index in [-0.39, 0.29) is 22.4 Å². The van der Waals surface area contributed by atoms with Crippen LogP contribution in [-0.2, 0) is 9.47 Å². The first-order chi connectivity index (χ1) is 8.45. The van der Waals surface area contributed by atoms with Gasteiger partial charge >= 0.3 is 5.97 Å². The Labute approximate surface area is 116 Å². The van der Waals surface area contributed by atoms with Crippen LogP contribution in [0.15, 0.2) is 12.1 Å². The number of nitrogens with two attached hydrogens (primary N) is 1. The molecule has 0 saturated carbocycles. The van der Waals surface area contributed by atoms with E-state index < -0.39 is 5.97 Å². The lowest BCUT2D eigenvalue weighted by Gasteiger charge is -2.14. The molecule has 1 aromatic carbocycles. The number of esters is 1. The Bertz CT molecular complexity index is 438. The van der Waals surface area contributed by atoms with Crippen molar-refractivity contribution in [2.24, 2.45) is 0 Å². The van der Waals surface area contributed by atoms with Gasteiger partial charge in [-0.05, 0) is 26.0 Å². The molecule has 0 aliphatic rings. The van der Waals surface area contributed by atoms with E-state index >= 15 is 0 Å². The standard InChI is InChI=1S/C12H15Cl2NO3/c1-3-17-6-7(2)18-12(16)9-4-8(13)5-10(14)11(9)15/h4-5,7H,3,6,15H2,1-2H3. The number of benzene rings is 1. The van der Waals surface area contributed by atoms with Gasteiger partial charge in [-0.3, -0.25) is 0 Å². The number of nitrogen functional groups attached to an aromatic ring is 1. The third-order valence-corrected chi connectivity index (χ3v) is 2.71. The maximum absolute atomic E-state index is 11.9. The molecule has 2 N–H and O–H groups in total. The first kappa shape index (κ1) is 15.1. The first-order valence-electron chi connectivity index (χ1n) is 5.49. The van der Waals surface area contributed by atoms with E-state index in [4.69, 9.17) is 38.4 Å². The molecule has 1 atom stereocenters. The van der Waals surface area contributed by atoms with E-state index in [1.165, 1.54) is 12.1 Å². The van der Waals surface area contributed by atoms with Crippen LogP contribution in [0.3, 0.4) is 0 Å². The Hall–Kier alpha value is -0.970. The van der Waals surface area contributed by atoms with Crippen molar-refractivity contribution in [3.05, 3.63) is 27.7 Å². The summed E-state index contributed by atoms with van der Waals surface area (Å²) >= 11 is 11.7. The van der Waals surface area contributed by atoms with Crippen molar-refractivity contribution in [3.63, 3.8) is 0 Å². The molecule has 100 valence electrons. The van der Waals surface area contributed by atoms with Gasteiger partial charge in [0.15, 0.2) is 0 Å². The summed E-state index contributed by atoms with van der Waals surface area (Å²) in [7, 11) is 0. The van der Waals surface area contributed by atoms with E-state index in [0.29, 0.717) is 18.2 Å². The predicted octanol–water partition coefficient (Wildman–Crippen LogP) is 3.16. The Morgan fingerprint density at radius 2 is 2.11 bits per heavy atom. The minimum atomic E-state index is -0.566. The van der Waals surface area contributed by atoms with Gasteiger partial charge in [-0.2, -0.15) is 0 Å². The quantitative estimate of drug-likeness (QED) is 0.669. The lowest BCUT2D eigenvalue weighted by Crippen LogP contribution is -2.21. The van der Waals surface area contributed by atoms with Gasteiger partial charge in [-0.25, -0.2) is 4.79 Å². The van der Waals surface area contributed by atoms with E-state index in [1.54, 1.807) is 6.92 Å². The normalized spacial score (nSPS) is 12.2. The molecule has 0 spiro atoms. The van der Waals surface area contributed by atoms with Gasteiger partial charge in [0.25, 0.3) is 0 Å². The Morgan fingerprint density at radius 3 is 2.72 bits per heavy atom. The highest BCUT2D eigenvalue weighted by Gasteiger charge is 2.17. The third kappa shape index (κ3) is 4.05. The molecule has 0 bridgehead atoms. The van der Waals surface area contributed by atoms with E-state index in [1.807, 2.05) is 6.92 Å². The van der Waals surface area contributed by atoms with Gasteiger partial charge in [0.05, 0.1) is 22.9 Å². The second-order valence-corrected chi connectivity index (χ2v) is 4.57. The Kier molecular flexibility index (Phi) is 5.72. The summed E-state index contributed by atoms with van der Waals surface area (Å²) < 4.78 is 10.3. The summed E-state index contributed by atoms with van der Waals surface area (Å²) in [6.07, 6.45) is -0.366. The minimum Gasteiger partial charge on any atom is -0.457 e. The Morgan fingerprint density at radius 1 is 1.44 bits per heavy atom. The summed E-state index contributed by atoms with van der Waals surface area (Å²) in [5.74, 6) is -0.566. The highest BCUT2D eigenvalue weighted by Crippen LogP contribution is 2.28. The number of ether oxygens (including phenoxy) is 2. The lowest BCUT2D eigenvalue weighted by atomic mass is 10.2. The van der Waals surface area contributed by atoms with Crippen LogP contribution in [0.4, 0.5) is 5.69 Å². The maximum Gasteiger partial charge on any atom is 0.340 e. The number of carbonyl (C=O) groups is 1. The van der Waals surface area contributed by atoms with Crippen LogP contribution in [-0.4, -0.2) is 25.3 Å². The summed E-state index contributed by atoms with van der Waals surface area (Å²) in [5, 5.41) is 0.561. The fourth-order valence-electron chi connectivity index (χ4n) is 1.32. The molecule has 1 rings (SSSR count). The second-order valence-electron chi connectivity index (χ2n) is 3.72. The molecule has 0 amide bonds. The van der Waals surface area contributed by atoms with Crippen LogP contribution >= 0.6 is 23.2 Å². The zero-order valence-electron chi connectivity index (χ0n) is 10.2. The number of carbonyl (C=O) groups excluding carboxylic acids is 1. The second kappa shape index (κ2) is 6.83. The lowest BCUT2D eigenvalue weighted by molar-refractivity contribution is 0.00449. The molecule has 0 radical (unpaired) electrons. The van der Waals surface area contributed by atoms with Crippen molar-refractivity contribution < 1.29 is 14.3 Å². The van der Waals surface area contributed by atoms with Crippen LogP contribution in [0.1, 0.15) is 24.2 Å². The largest absolute Gasteiger partial charge is 0.457 e. The van der Waals surface area contributed by atoms with Gasteiger partial charge < -0.3 is 15.2 Å². The van der Waals surface area contributed by atoms with Crippen LogP contribution in [0.5, 0.6) is 0 Å². The topological polar surface area (TPSA) is 61.5 Å². The first-order valence-corrected chi connectivity index (χ1v) is 6.24. The highest BCUT2D eigenvalue weighted by molar-refractivity contribution is 6.37. The molecule has 1 aromatic rings. The maximum atomic E-state index is 11.9. The molecule has 4 nitrogen and oxygen atoms in total. The fraction of sp³-hybridized carbons (Fsp3) is 0.417. The molecule has 0 aliphatic carbocycles. The van der Waals surface area contributed by atoms with Crippen LogP contribution in [0.2, 0.25) is 10.0 Å². The third-order valence-electron chi connectivity index (χ3n) is 2.18. The van der Waals surface area contributed by atoms with Crippen LogP contribution < -0.4 is 5.73 Å². The summed E-state index contributed by atoms with van der Waals surface area (Å²) in [6, 6.07) is 2.90. The number of hydrogen-bond acceptors (Lipinski definition) is 4. The van der Waals surface area contributed by atoms with Crippen molar-refractivity contribution in [3.8, 4) is 0 Å². The SMILES string of the molecule is CCOCC(C)OC(=O)c1cc(Cl)cc(Cl)c1N. The smallest absolute Gasteiger partial charge is 0.340 e. The van der Waals surface area contributed by atoms with Gasteiger partial charge in [-0.1, -0.05) is 23.2 Å². The van der Waals surface area contributed by atoms with E-state index in [9.17, 15) is 4.79 Å².